The second kappa shape index (κ2) is 11.9. The highest BCUT2D eigenvalue weighted by atomic mass is 79.9. The van der Waals surface area contributed by atoms with Crippen LogP contribution in [0.3, 0.4) is 0 Å². The number of aromatic nitrogens is 3. The van der Waals surface area contributed by atoms with Crippen molar-refractivity contribution in [1.29, 1.82) is 0 Å². The summed E-state index contributed by atoms with van der Waals surface area (Å²) >= 11 is 14.0. The predicted octanol–water partition coefficient (Wildman–Crippen LogP) is 6.11. The number of rotatable bonds is 8. The Balaban J connectivity index is 1.48. The van der Waals surface area contributed by atoms with Gasteiger partial charge >= 0.3 is 0 Å². The second-order valence-electron chi connectivity index (χ2n) is 7.22. The van der Waals surface area contributed by atoms with Crippen LogP contribution >= 0.6 is 55.2 Å². The lowest BCUT2D eigenvalue weighted by atomic mass is 10.2. The molecule has 0 saturated carbocycles. The van der Waals surface area contributed by atoms with Crippen molar-refractivity contribution in [1.82, 2.24) is 20.1 Å². The van der Waals surface area contributed by atoms with Crippen molar-refractivity contribution in [3.63, 3.8) is 0 Å². The number of benzene rings is 3. The van der Waals surface area contributed by atoms with Gasteiger partial charge in [0.15, 0.2) is 11.0 Å². The van der Waals surface area contributed by atoms with E-state index in [4.69, 9.17) is 11.6 Å². The molecule has 0 spiro atoms. The largest absolute Gasteiger partial charge is 0.345 e. The Morgan fingerprint density at radius 1 is 0.971 bits per heavy atom. The van der Waals surface area contributed by atoms with Crippen LogP contribution < -0.4 is 10.6 Å². The molecular weight excluding hydrogens is 618 g/mol. The lowest BCUT2D eigenvalue weighted by molar-refractivity contribution is -0.113. The first-order valence-corrected chi connectivity index (χ1v) is 13.3. The van der Waals surface area contributed by atoms with Gasteiger partial charge in [0.05, 0.1) is 18.0 Å². The van der Waals surface area contributed by atoms with Crippen LogP contribution in [-0.4, -0.2) is 32.3 Å². The maximum atomic E-state index is 12.6. The number of nitrogens with zero attached hydrogens (tertiary/aromatic N) is 3. The van der Waals surface area contributed by atoms with E-state index >= 15 is 0 Å². The molecule has 0 aliphatic rings. The summed E-state index contributed by atoms with van der Waals surface area (Å²) in [5.74, 6) is 0.226. The average Bonchev–Trinajstić information content (AvgIpc) is 3.27. The molecule has 0 unspecified atom stereocenters. The van der Waals surface area contributed by atoms with Crippen molar-refractivity contribution < 1.29 is 9.59 Å². The smallest absolute Gasteiger partial charge is 0.251 e. The fourth-order valence-corrected chi connectivity index (χ4v) is 4.72. The van der Waals surface area contributed by atoms with Crippen molar-refractivity contribution in [2.45, 2.75) is 11.7 Å². The second-order valence-corrected chi connectivity index (χ2v) is 10.4. The summed E-state index contributed by atoms with van der Waals surface area (Å²) in [6.45, 7) is 0.154. The quantitative estimate of drug-likeness (QED) is 0.228. The molecule has 4 rings (SSSR count). The standard InChI is InChI=1S/C24H18Br2ClN5O2S/c25-16-8-11-19(26)20(12-16)29-22(33)14-35-24-31-30-21(32(24)18-4-2-1-3-5-18)13-28-23(34)15-6-9-17(27)10-7-15/h1-12H,13-14H2,(H,28,34)(H,29,33). The van der Waals surface area contributed by atoms with Crippen molar-refractivity contribution >= 4 is 72.7 Å². The van der Waals surface area contributed by atoms with Crippen LogP contribution in [-0.2, 0) is 11.3 Å². The van der Waals surface area contributed by atoms with E-state index in [0.29, 0.717) is 27.3 Å². The highest BCUT2D eigenvalue weighted by molar-refractivity contribution is 9.11. The predicted molar refractivity (Wildman–Crippen MR) is 145 cm³/mol. The molecule has 4 aromatic rings. The zero-order valence-electron chi connectivity index (χ0n) is 18.0. The Kier molecular flexibility index (Phi) is 8.61. The third-order valence-corrected chi connectivity index (χ3v) is 7.13. The molecule has 0 atom stereocenters. The van der Waals surface area contributed by atoms with Gasteiger partial charge in [0, 0.05) is 25.2 Å². The third-order valence-electron chi connectivity index (χ3n) is 4.76. The lowest BCUT2D eigenvalue weighted by Gasteiger charge is -2.11. The fourth-order valence-electron chi connectivity index (χ4n) is 3.12. The normalized spacial score (nSPS) is 10.7. The van der Waals surface area contributed by atoms with Crippen LogP contribution in [0.4, 0.5) is 5.69 Å². The Morgan fingerprint density at radius 3 is 2.46 bits per heavy atom. The maximum absolute atomic E-state index is 12.6. The number of thioether (sulfide) groups is 1. The molecule has 0 fully saturated rings. The molecule has 0 aliphatic heterocycles. The summed E-state index contributed by atoms with van der Waals surface area (Å²) in [5.41, 5.74) is 1.98. The Bertz CT molecular complexity index is 1350. The van der Waals surface area contributed by atoms with Gasteiger partial charge < -0.3 is 10.6 Å². The summed E-state index contributed by atoms with van der Waals surface area (Å²) in [4.78, 5) is 25.2. The first-order chi connectivity index (χ1) is 16.9. The van der Waals surface area contributed by atoms with Crippen LogP contribution in [0, 0.1) is 0 Å². The van der Waals surface area contributed by atoms with E-state index in [1.165, 1.54) is 11.8 Å². The number of carbonyl (C=O) groups is 2. The molecule has 0 saturated heterocycles. The van der Waals surface area contributed by atoms with Gasteiger partial charge in [-0.3, -0.25) is 14.2 Å². The number of nitrogens with one attached hydrogen (secondary N) is 2. The first-order valence-electron chi connectivity index (χ1n) is 10.3. The number of amides is 2. The van der Waals surface area contributed by atoms with Crippen molar-refractivity contribution in [2.24, 2.45) is 0 Å². The van der Waals surface area contributed by atoms with E-state index in [2.05, 4.69) is 52.7 Å². The van der Waals surface area contributed by atoms with Gasteiger partial charge in [-0.25, -0.2) is 0 Å². The van der Waals surface area contributed by atoms with E-state index in [1.807, 2.05) is 53.1 Å². The van der Waals surface area contributed by atoms with Gasteiger partial charge in [0.1, 0.15) is 0 Å². The highest BCUT2D eigenvalue weighted by Gasteiger charge is 2.17. The number of carbonyl (C=O) groups excluding carboxylic acids is 2. The molecule has 0 aliphatic carbocycles. The molecule has 2 N–H and O–H groups in total. The summed E-state index contributed by atoms with van der Waals surface area (Å²) in [6.07, 6.45) is 0. The molecule has 7 nitrogen and oxygen atoms in total. The monoisotopic (exact) mass is 633 g/mol. The number of hydrogen-bond acceptors (Lipinski definition) is 5. The van der Waals surface area contributed by atoms with Crippen LogP contribution in [0.1, 0.15) is 16.2 Å². The maximum Gasteiger partial charge on any atom is 0.251 e. The molecule has 35 heavy (non-hydrogen) atoms. The molecule has 3 aromatic carbocycles. The van der Waals surface area contributed by atoms with Gasteiger partial charge in [0.2, 0.25) is 5.91 Å². The SMILES string of the molecule is O=C(CSc1nnc(CNC(=O)c2ccc(Cl)cc2)n1-c1ccccc1)Nc1cc(Br)ccc1Br. The molecule has 1 heterocycles. The van der Waals surface area contributed by atoms with E-state index in [1.54, 1.807) is 24.3 Å². The zero-order valence-corrected chi connectivity index (χ0v) is 22.8. The summed E-state index contributed by atoms with van der Waals surface area (Å²) in [5, 5.41) is 15.4. The van der Waals surface area contributed by atoms with Crippen LogP contribution in [0.5, 0.6) is 0 Å². The van der Waals surface area contributed by atoms with Gasteiger partial charge in [0.25, 0.3) is 5.91 Å². The molecule has 178 valence electrons. The Morgan fingerprint density at radius 2 is 1.71 bits per heavy atom. The minimum Gasteiger partial charge on any atom is -0.345 e. The van der Waals surface area contributed by atoms with Crippen LogP contribution in [0.2, 0.25) is 5.02 Å². The number of anilines is 1. The van der Waals surface area contributed by atoms with E-state index < -0.39 is 0 Å². The van der Waals surface area contributed by atoms with Crippen molar-refractivity contribution in [3.05, 3.63) is 98.2 Å². The van der Waals surface area contributed by atoms with Gasteiger partial charge in [-0.2, -0.15) is 0 Å². The molecule has 0 radical (unpaired) electrons. The van der Waals surface area contributed by atoms with E-state index in [-0.39, 0.29) is 24.1 Å². The summed E-state index contributed by atoms with van der Waals surface area (Å²) < 4.78 is 3.47. The zero-order chi connectivity index (χ0) is 24.8. The molecular formula is C24H18Br2ClN5O2S. The van der Waals surface area contributed by atoms with E-state index in [0.717, 1.165) is 14.6 Å². The van der Waals surface area contributed by atoms with Gasteiger partial charge in [-0.1, -0.05) is 57.5 Å². The van der Waals surface area contributed by atoms with Crippen molar-refractivity contribution in [3.8, 4) is 5.69 Å². The van der Waals surface area contributed by atoms with Gasteiger partial charge in [-0.05, 0) is 70.5 Å². The van der Waals surface area contributed by atoms with Crippen molar-refractivity contribution in [2.75, 3.05) is 11.1 Å². The minimum absolute atomic E-state index is 0.126. The molecule has 1 aromatic heterocycles. The van der Waals surface area contributed by atoms with Gasteiger partial charge in [-0.15, -0.1) is 10.2 Å². The topological polar surface area (TPSA) is 88.9 Å². The Hall–Kier alpha value is -2.66. The van der Waals surface area contributed by atoms with E-state index in [9.17, 15) is 9.59 Å². The summed E-state index contributed by atoms with van der Waals surface area (Å²) in [6, 6.07) is 21.7. The summed E-state index contributed by atoms with van der Waals surface area (Å²) in [7, 11) is 0. The third kappa shape index (κ3) is 6.72. The van der Waals surface area contributed by atoms with Crippen LogP contribution in [0.25, 0.3) is 5.69 Å². The van der Waals surface area contributed by atoms with Crippen LogP contribution in [0.15, 0.2) is 86.9 Å². The number of hydrogen-bond donors (Lipinski definition) is 2. The lowest BCUT2D eigenvalue weighted by Crippen LogP contribution is -2.24. The fraction of sp³-hybridized carbons (Fsp3) is 0.0833. The highest BCUT2D eigenvalue weighted by Crippen LogP contribution is 2.27. The number of halogens is 3. The molecule has 0 bridgehead atoms. The minimum atomic E-state index is -0.252. The number of para-hydroxylation sites is 1. The molecule has 11 heteroatoms. The Labute approximate surface area is 227 Å². The first kappa shape index (κ1) is 25.4. The molecule has 2 amide bonds. The average molecular weight is 636 g/mol.